The fourth-order valence-corrected chi connectivity index (χ4v) is 4.58. The maximum Gasteiger partial charge on any atom is 0.0233 e. The topological polar surface area (TPSA) is 6.48 Å². The molecule has 3 aliphatic rings. The highest BCUT2D eigenvalue weighted by Crippen LogP contribution is 2.42. The van der Waals surface area contributed by atoms with Crippen LogP contribution in [0.4, 0.5) is 0 Å². The zero-order valence-corrected chi connectivity index (χ0v) is 13.8. The molecule has 22 heavy (non-hydrogen) atoms. The molecule has 1 aromatic rings. The summed E-state index contributed by atoms with van der Waals surface area (Å²) < 4.78 is 0. The maximum absolute atomic E-state index is 2.68. The van der Waals surface area contributed by atoms with Crippen LogP contribution in [0.2, 0.25) is 0 Å². The minimum Gasteiger partial charge on any atom is -0.303 e. The SMILES string of the molecule is c1cc([C@H]2C[C@H](CN3CCCC3)C2)ccc1CN1CCCC1. The zero-order valence-electron chi connectivity index (χ0n) is 13.8. The number of likely N-dealkylation sites (tertiary alicyclic amines) is 2. The molecule has 1 saturated carbocycles. The summed E-state index contributed by atoms with van der Waals surface area (Å²) in [5.41, 5.74) is 3.08. The van der Waals surface area contributed by atoms with Crippen LogP contribution in [0.15, 0.2) is 24.3 Å². The van der Waals surface area contributed by atoms with E-state index >= 15 is 0 Å². The average molecular weight is 298 g/mol. The van der Waals surface area contributed by atoms with Crippen LogP contribution in [0.5, 0.6) is 0 Å². The van der Waals surface area contributed by atoms with E-state index in [2.05, 4.69) is 34.1 Å². The second-order valence-electron chi connectivity index (χ2n) is 7.77. The second kappa shape index (κ2) is 6.72. The van der Waals surface area contributed by atoms with Gasteiger partial charge in [-0.1, -0.05) is 24.3 Å². The fourth-order valence-electron chi connectivity index (χ4n) is 4.58. The molecule has 0 bridgehead atoms. The Morgan fingerprint density at radius 1 is 0.773 bits per heavy atom. The van der Waals surface area contributed by atoms with Gasteiger partial charge in [-0.15, -0.1) is 0 Å². The summed E-state index contributed by atoms with van der Waals surface area (Å²) in [7, 11) is 0. The van der Waals surface area contributed by atoms with E-state index in [0.29, 0.717) is 0 Å². The van der Waals surface area contributed by atoms with Crippen molar-refractivity contribution in [1.29, 1.82) is 0 Å². The monoisotopic (exact) mass is 298 g/mol. The quantitative estimate of drug-likeness (QED) is 0.814. The molecule has 0 amide bonds. The van der Waals surface area contributed by atoms with Crippen molar-refractivity contribution in [3.05, 3.63) is 35.4 Å². The number of benzene rings is 1. The fraction of sp³-hybridized carbons (Fsp3) is 0.700. The Hall–Kier alpha value is -0.860. The van der Waals surface area contributed by atoms with Gasteiger partial charge in [0.2, 0.25) is 0 Å². The van der Waals surface area contributed by atoms with Crippen molar-refractivity contribution in [2.45, 2.75) is 51.0 Å². The van der Waals surface area contributed by atoms with Gasteiger partial charge in [0.1, 0.15) is 0 Å². The summed E-state index contributed by atoms with van der Waals surface area (Å²) in [6.45, 7) is 7.82. The number of hydrogen-bond acceptors (Lipinski definition) is 2. The molecule has 0 aromatic heterocycles. The normalized spacial score (nSPS) is 29.8. The first-order valence-electron chi connectivity index (χ1n) is 9.40. The summed E-state index contributed by atoms with van der Waals surface area (Å²) >= 11 is 0. The van der Waals surface area contributed by atoms with Crippen LogP contribution in [-0.4, -0.2) is 42.5 Å². The van der Waals surface area contributed by atoms with E-state index in [0.717, 1.165) is 18.4 Å². The van der Waals surface area contributed by atoms with Crippen molar-refractivity contribution in [2.75, 3.05) is 32.7 Å². The highest BCUT2D eigenvalue weighted by atomic mass is 15.1. The van der Waals surface area contributed by atoms with Gasteiger partial charge in [-0.25, -0.2) is 0 Å². The molecule has 0 spiro atoms. The van der Waals surface area contributed by atoms with Crippen molar-refractivity contribution in [2.24, 2.45) is 5.92 Å². The predicted octanol–water partition coefficient (Wildman–Crippen LogP) is 3.87. The van der Waals surface area contributed by atoms with Crippen LogP contribution < -0.4 is 0 Å². The summed E-state index contributed by atoms with van der Waals surface area (Å²) in [6.07, 6.45) is 8.46. The number of hydrogen-bond donors (Lipinski definition) is 0. The first-order valence-corrected chi connectivity index (χ1v) is 9.40. The van der Waals surface area contributed by atoms with Crippen LogP contribution in [0.1, 0.15) is 55.6 Å². The second-order valence-corrected chi connectivity index (χ2v) is 7.77. The van der Waals surface area contributed by atoms with Gasteiger partial charge in [-0.05, 0) is 87.7 Å². The molecular weight excluding hydrogens is 268 g/mol. The van der Waals surface area contributed by atoms with Gasteiger partial charge in [0.15, 0.2) is 0 Å². The highest BCUT2D eigenvalue weighted by Gasteiger charge is 2.31. The lowest BCUT2D eigenvalue weighted by molar-refractivity contribution is 0.180. The molecule has 120 valence electrons. The van der Waals surface area contributed by atoms with Crippen molar-refractivity contribution < 1.29 is 0 Å². The van der Waals surface area contributed by atoms with Crippen molar-refractivity contribution in [3.63, 3.8) is 0 Å². The smallest absolute Gasteiger partial charge is 0.0233 e. The van der Waals surface area contributed by atoms with E-state index in [9.17, 15) is 0 Å². The molecule has 1 aromatic carbocycles. The first kappa shape index (κ1) is 14.7. The lowest BCUT2D eigenvalue weighted by atomic mass is 9.71. The summed E-state index contributed by atoms with van der Waals surface area (Å²) in [4.78, 5) is 5.27. The van der Waals surface area contributed by atoms with Gasteiger partial charge in [0.25, 0.3) is 0 Å². The van der Waals surface area contributed by atoms with Gasteiger partial charge in [0, 0.05) is 13.1 Å². The van der Waals surface area contributed by atoms with Crippen LogP contribution in [-0.2, 0) is 6.54 Å². The molecule has 2 aliphatic heterocycles. The van der Waals surface area contributed by atoms with Gasteiger partial charge in [0.05, 0.1) is 0 Å². The molecule has 1 aliphatic carbocycles. The highest BCUT2D eigenvalue weighted by molar-refractivity contribution is 5.27. The third-order valence-corrected chi connectivity index (χ3v) is 6.01. The Morgan fingerprint density at radius 3 is 2.00 bits per heavy atom. The molecule has 0 N–H and O–H groups in total. The van der Waals surface area contributed by atoms with E-state index < -0.39 is 0 Å². The van der Waals surface area contributed by atoms with E-state index in [1.807, 2.05) is 0 Å². The Morgan fingerprint density at radius 2 is 1.36 bits per heavy atom. The van der Waals surface area contributed by atoms with E-state index in [1.165, 1.54) is 76.8 Å². The zero-order chi connectivity index (χ0) is 14.8. The van der Waals surface area contributed by atoms with Crippen LogP contribution >= 0.6 is 0 Å². The Balaban J connectivity index is 1.25. The van der Waals surface area contributed by atoms with Crippen LogP contribution in [0.3, 0.4) is 0 Å². The molecule has 2 heterocycles. The lowest BCUT2D eigenvalue weighted by Gasteiger charge is -2.38. The molecule has 0 unspecified atom stereocenters. The van der Waals surface area contributed by atoms with E-state index in [-0.39, 0.29) is 0 Å². The molecular formula is C20H30N2. The maximum atomic E-state index is 2.68. The third-order valence-electron chi connectivity index (χ3n) is 6.01. The predicted molar refractivity (Wildman–Crippen MR) is 92.1 cm³/mol. The van der Waals surface area contributed by atoms with E-state index in [4.69, 9.17) is 0 Å². The van der Waals surface area contributed by atoms with E-state index in [1.54, 1.807) is 5.56 Å². The number of nitrogens with zero attached hydrogens (tertiary/aromatic N) is 2. The lowest BCUT2D eigenvalue weighted by Crippen LogP contribution is -2.33. The van der Waals surface area contributed by atoms with Gasteiger partial charge in [-0.3, -0.25) is 4.90 Å². The Kier molecular flexibility index (Phi) is 4.49. The summed E-state index contributed by atoms with van der Waals surface area (Å²) in [6, 6.07) is 9.56. The van der Waals surface area contributed by atoms with Crippen LogP contribution in [0.25, 0.3) is 0 Å². The molecule has 2 heteroatoms. The first-order chi connectivity index (χ1) is 10.9. The Labute approximate surface area is 135 Å². The molecule has 2 saturated heterocycles. The number of rotatable bonds is 5. The minimum atomic E-state index is 0.841. The molecule has 3 fully saturated rings. The third kappa shape index (κ3) is 3.38. The average Bonchev–Trinajstić information content (AvgIpc) is 3.17. The Bertz CT molecular complexity index is 463. The summed E-state index contributed by atoms with van der Waals surface area (Å²) in [5, 5.41) is 0. The van der Waals surface area contributed by atoms with Gasteiger partial charge < -0.3 is 4.90 Å². The summed E-state index contributed by atoms with van der Waals surface area (Å²) in [5.74, 6) is 1.81. The minimum absolute atomic E-state index is 0.841. The molecule has 2 nitrogen and oxygen atoms in total. The van der Waals surface area contributed by atoms with Crippen molar-refractivity contribution in [3.8, 4) is 0 Å². The molecule has 4 rings (SSSR count). The molecule has 0 atom stereocenters. The van der Waals surface area contributed by atoms with Crippen molar-refractivity contribution >= 4 is 0 Å². The largest absolute Gasteiger partial charge is 0.303 e. The standard InChI is InChI=1S/C20H30N2/c1-2-10-21(9-1)15-17-5-7-19(8-6-17)20-13-18(14-20)16-22-11-3-4-12-22/h5-8,18,20H,1-4,9-16H2/t18-,20-. The van der Waals surface area contributed by atoms with Gasteiger partial charge >= 0.3 is 0 Å². The van der Waals surface area contributed by atoms with Gasteiger partial charge in [-0.2, -0.15) is 0 Å². The van der Waals surface area contributed by atoms with Crippen LogP contribution in [0, 0.1) is 5.92 Å². The molecule has 0 radical (unpaired) electrons. The van der Waals surface area contributed by atoms with Crippen molar-refractivity contribution in [1.82, 2.24) is 9.80 Å².